The molecule has 3 N–H and O–H groups in total. The van der Waals surface area contributed by atoms with Gasteiger partial charge in [-0.2, -0.15) is 5.10 Å². The first-order valence-corrected chi connectivity index (χ1v) is 12.4. The predicted octanol–water partition coefficient (Wildman–Crippen LogP) is 2.87. The van der Waals surface area contributed by atoms with Crippen LogP contribution in [0.3, 0.4) is 0 Å². The molecular formula is C27H28ClN9O. The number of nitrogens with two attached hydrogens (primary N) is 1. The molecule has 1 aromatic carbocycles. The maximum atomic E-state index is 14.2. The zero-order valence-electron chi connectivity index (χ0n) is 20.9. The molecule has 1 aliphatic rings. The van der Waals surface area contributed by atoms with Crippen LogP contribution in [0.5, 0.6) is 0 Å². The van der Waals surface area contributed by atoms with Crippen LogP contribution < -0.4 is 16.2 Å². The minimum atomic E-state index is -0.606. The van der Waals surface area contributed by atoms with Crippen LogP contribution in [0.2, 0.25) is 0 Å². The minimum absolute atomic E-state index is 0. The predicted molar refractivity (Wildman–Crippen MR) is 149 cm³/mol. The Morgan fingerprint density at radius 3 is 2.79 bits per heavy atom. The summed E-state index contributed by atoms with van der Waals surface area (Å²) in [7, 11) is 0. The number of H-pyrrole nitrogens is 1. The van der Waals surface area contributed by atoms with Crippen LogP contribution in [0, 0.1) is 11.8 Å². The molecule has 2 atom stereocenters. The van der Waals surface area contributed by atoms with Gasteiger partial charge in [0.2, 0.25) is 5.95 Å². The van der Waals surface area contributed by atoms with Crippen LogP contribution in [0.15, 0.2) is 59.8 Å². The van der Waals surface area contributed by atoms with E-state index in [0.29, 0.717) is 35.9 Å². The van der Waals surface area contributed by atoms with Gasteiger partial charge in [0.15, 0.2) is 0 Å². The summed E-state index contributed by atoms with van der Waals surface area (Å²) in [4.78, 5) is 33.6. The van der Waals surface area contributed by atoms with Crippen molar-refractivity contribution < 1.29 is 0 Å². The number of benzene rings is 1. The maximum absolute atomic E-state index is 14.2. The molecule has 0 saturated carbocycles. The van der Waals surface area contributed by atoms with Crippen molar-refractivity contribution in [2.75, 3.05) is 18.0 Å². The highest BCUT2D eigenvalue weighted by molar-refractivity contribution is 5.85. The zero-order valence-corrected chi connectivity index (χ0v) is 21.7. The molecule has 1 fully saturated rings. The van der Waals surface area contributed by atoms with Crippen molar-refractivity contribution in [3.63, 3.8) is 0 Å². The summed E-state index contributed by atoms with van der Waals surface area (Å²) in [5, 5.41) is 4.59. The topological polar surface area (TPSA) is 124 Å². The number of hydrogen-bond donors (Lipinski definition) is 2. The van der Waals surface area contributed by atoms with Crippen molar-refractivity contribution >= 4 is 40.4 Å². The average Bonchev–Trinajstić information content (AvgIpc) is 3.51. The van der Waals surface area contributed by atoms with E-state index >= 15 is 0 Å². The SMILES string of the molecule is CC#CCn1c(N2CCC[C@@H](N)C2)nc2cnn(C(c3cccnc3)c3nc4ccccc4[nH]3)c(=O)c21.Cl. The second-order valence-corrected chi connectivity index (χ2v) is 9.23. The van der Waals surface area contributed by atoms with Gasteiger partial charge in [0, 0.05) is 37.1 Å². The second-order valence-electron chi connectivity index (χ2n) is 9.23. The van der Waals surface area contributed by atoms with E-state index in [4.69, 9.17) is 15.7 Å². The van der Waals surface area contributed by atoms with Gasteiger partial charge in [0.25, 0.3) is 5.56 Å². The van der Waals surface area contributed by atoms with Crippen LogP contribution in [0.1, 0.15) is 37.2 Å². The van der Waals surface area contributed by atoms with Gasteiger partial charge in [-0.3, -0.25) is 14.3 Å². The molecule has 1 aliphatic heterocycles. The molecule has 5 heterocycles. The number of aromatic nitrogens is 7. The number of pyridine rings is 1. The Morgan fingerprint density at radius 1 is 1.16 bits per heavy atom. The Bertz CT molecular complexity index is 1660. The first kappa shape index (κ1) is 25.4. The van der Waals surface area contributed by atoms with Crippen molar-refractivity contribution in [2.24, 2.45) is 5.73 Å². The summed E-state index contributed by atoms with van der Waals surface area (Å²) < 4.78 is 3.35. The van der Waals surface area contributed by atoms with E-state index in [1.54, 1.807) is 25.5 Å². The number of piperidine rings is 1. The van der Waals surface area contributed by atoms with Gasteiger partial charge in [-0.1, -0.05) is 24.1 Å². The van der Waals surface area contributed by atoms with E-state index in [1.165, 1.54) is 4.68 Å². The summed E-state index contributed by atoms with van der Waals surface area (Å²) in [6, 6.07) is 11.0. The Hall–Kier alpha value is -4.20. The second kappa shape index (κ2) is 10.7. The van der Waals surface area contributed by atoms with Crippen molar-refractivity contribution in [3.05, 3.63) is 76.7 Å². The van der Waals surface area contributed by atoms with Gasteiger partial charge < -0.3 is 15.6 Å². The molecule has 38 heavy (non-hydrogen) atoms. The number of hydrogen-bond acceptors (Lipinski definition) is 7. The standard InChI is InChI=1S/C27H27N9O.ClH/c1-2-3-14-35-24-22(33-27(35)34-13-7-9-19(28)17-34)16-30-36(26(24)37)23(18-8-6-12-29-15-18)25-31-20-10-4-5-11-21(20)32-25;/h4-6,8,10-12,15-16,19,23H,7,9,13-14,17,28H2,1H3,(H,31,32);1H/t19-,23?;/m1./s1. The highest BCUT2D eigenvalue weighted by Gasteiger charge is 2.28. The van der Waals surface area contributed by atoms with Crippen LogP contribution in [-0.2, 0) is 6.54 Å². The normalized spacial score (nSPS) is 16.2. The molecule has 1 unspecified atom stereocenters. The van der Waals surface area contributed by atoms with E-state index in [0.717, 1.165) is 36.0 Å². The first-order valence-electron chi connectivity index (χ1n) is 12.4. The highest BCUT2D eigenvalue weighted by atomic mass is 35.5. The molecule has 4 aromatic heterocycles. The fraction of sp³-hybridized carbons (Fsp3) is 0.296. The fourth-order valence-corrected chi connectivity index (χ4v) is 5.03. The number of halogens is 1. The molecule has 10 nitrogen and oxygen atoms in total. The monoisotopic (exact) mass is 529 g/mol. The number of imidazole rings is 2. The number of aromatic amines is 1. The van der Waals surface area contributed by atoms with Crippen molar-refractivity contribution in [3.8, 4) is 11.8 Å². The number of nitrogens with one attached hydrogen (secondary N) is 1. The Kier molecular flexibility index (Phi) is 7.13. The smallest absolute Gasteiger partial charge is 0.294 e. The third-order valence-corrected chi connectivity index (χ3v) is 6.76. The van der Waals surface area contributed by atoms with Crippen LogP contribution in [-0.4, -0.2) is 53.4 Å². The molecule has 0 radical (unpaired) electrons. The quantitative estimate of drug-likeness (QED) is 0.335. The highest BCUT2D eigenvalue weighted by Crippen LogP contribution is 2.27. The lowest BCUT2D eigenvalue weighted by Gasteiger charge is -2.31. The lowest BCUT2D eigenvalue weighted by Crippen LogP contribution is -2.44. The Balaban J connectivity index is 0.00000294. The van der Waals surface area contributed by atoms with Gasteiger partial charge in [0.1, 0.15) is 22.9 Å². The van der Waals surface area contributed by atoms with Crippen molar-refractivity contribution in [1.82, 2.24) is 34.3 Å². The van der Waals surface area contributed by atoms with E-state index in [9.17, 15) is 4.79 Å². The number of fused-ring (bicyclic) bond motifs is 2. The summed E-state index contributed by atoms with van der Waals surface area (Å²) in [5.41, 5.74) is 9.46. The lowest BCUT2D eigenvalue weighted by molar-refractivity contribution is 0.495. The number of anilines is 1. The van der Waals surface area contributed by atoms with Gasteiger partial charge in [0.05, 0.1) is 23.8 Å². The van der Waals surface area contributed by atoms with Gasteiger partial charge in [-0.25, -0.2) is 14.6 Å². The third kappa shape index (κ3) is 4.51. The molecule has 1 saturated heterocycles. The van der Waals surface area contributed by atoms with E-state index in [2.05, 4.69) is 31.8 Å². The summed E-state index contributed by atoms with van der Waals surface area (Å²) in [6.07, 6.45) is 7.03. The van der Waals surface area contributed by atoms with Gasteiger partial charge in [-0.05, 0) is 38.0 Å². The minimum Gasteiger partial charge on any atom is -0.341 e. The zero-order chi connectivity index (χ0) is 25.4. The lowest BCUT2D eigenvalue weighted by atomic mass is 10.1. The largest absolute Gasteiger partial charge is 0.341 e. The average molecular weight is 530 g/mol. The van der Waals surface area contributed by atoms with Crippen molar-refractivity contribution in [2.45, 2.75) is 38.4 Å². The summed E-state index contributed by atoms with van der Waals surface area (Å²) >= 11 is 0. The molecule has 194 valence electrons. The Morgan fingerprint density at radius 2 is 2.03 bits per heavy atom. The molecule has 5 aromatic rings. The van der Waals surface area contributed by atoms with E-state index in [-0.39, 0.29) is 24.0 Å². The molecule has 0 spiro atoms. The molecular weight excluding hydrogens is 502 g/mol. The van der Waals surface area contributed by atoms with Crippen molar-refractivity contribution in [1.29, 1.82) is 0 Å². The van der Waals surface area contributed by atoms with Crippen LogP contribution in [0.25, 0.3) is 22.1 Å². The molecule has 0 bridgehead atoms. The van der Waals surface area contributed by atoms with Crippen LogP contribution in [0.4, 0.5) is 5.95 Å². The molecule has 0 aliphatic carbocycles. The van der Waals surface area contributed by atoms with Gasteiger partial charge in [-0.15, -0.1) is 18.3 Å². The number of nitrogens with zero attached hydrogens (tertiary/aromatic N) is 7. The van der Waals surface area contributed by atoms with Crippen LogP contribution >= 0.6 is 12.4 Å². The molecule has 6 rings (SSSR count). The molecule has 0 amide bonds. The van der Waals surface area contributed by atoms with E-state index < -0.39 is 6.04 Å². The first-order chi connectivity index (χ1) is 18.1. The fourth-order valence-electron chi connectivity index (χ4n) is 5.03. The molecule has 11 heteroatoms. The van der Waals surface area contributed by atoms with Gasteiger partial charge >= 0.3 is 0 Å². The maximum Gasteiger partial charge on any atom is 0.294 e. The number of para-hydroxylation sites is 2. The summed E-state index contributed by atoms with van der Waals surface area (Å²) in [5.74, 6) is 7.35. The summed E-state index contributed by atoms with van der Waals surface area (Å²) in [6.45, 7) is 3.64. The number of rotatable bonds is 5. The third-order valence-electron chi connectivity index (χ3n) is 6.76. The van der Waals surface area contributed by atoms with E-state index in [1.807, 2.05) is 41.0 Å². The Labute approximate surface area is 225 Å².